The number of amides is 6. The van der Waals surface area contributed by atoms with E-state index < -0.39 is 92.0 Å². The molecule has 678 valence electrons. The first-order valence-corrected chi connectivity index (χ1v) is 44.5. The molecule has 0 spiro atoms. The Labute approximate surface area is 769 Å². The van der Waals surface area contributed by atoms with Gasteiger partial charge in [-0.1, -0.05) is 70.2 Å². The molecule has 8 aliphatic rings. The molecule has 12 heterocycles. The molecule has 24 nitrogen and oxygen atoms in total. The van der Waals surface area contributed by atoms with E-state index in [2.05, 4.69) is 107 Å². The van der Waals surface area contributed by atoms with Crippen molar-refractivity contribution in [2.75, 3.05) is 175 Å². The van der Waals surface area contributed by atoms with E-state index in [1.165, 1.54) is 14.7 Å². The van der Waals surface area contributed by atoms with Gasteiger partial charge in [0.05, 0.1) is 64.1 Å². The van der Waals surface area contributed by atoms with Crippen molar-refractivity contribution in [2.45, 2.75) is 117 Å². The van der Waals surface area contributed by atoms with Crippen molar-refractivity contribution in [3.8, 4) is 28.3 Å². The van der Waals surface area contributed by atoms with Crippen LogP contribution >= 0.6 is 91.6 Å². The molecule has 8 saturated heterocycles. The van der Waals surface area contributed by atoms with Crippen LogP contribution in [0.15, 0.2) is 103 Å². The van der Waals surface area contributed by atoms with Crippen LogP contribution in [0.5, 0.6) is 0 Å². The number of aromatic nitrogens is 4. The van der Waals surface area contributed by atoms with Crippen LogP contribution in [0.3, 0.4) is 0 Å². The Balaban J connectivity index is 0.000000169. The van der Waals surface area contributed by atoms with Gasteiger partial charge in [-0.15, -0.1) is 0 Å². The summed E-state index contributed by atoms with van der Waals surface area (Å²) in [6.45, 7) is 27.4. The summed E-state index contributed by atoms with van der Waals surface area (Å²) in [5, 5.41) is 22.9. The molecular formula is C85H101BCl4F9I2N15O9. The number of urea groups is 3. The summed E-state index contributed by atoms with van der Waals surface area (Å²) in [6, 6.07) is 32.1. The number of benzene rings is 3. The number of carbonyl (C=O) groups is 3. The monoisotopic (exact) mass is 2050 g/mol. The summed E-state index contributed by atoms with van der Waals surface area (Å²) in [7, 11) is -0.556. The molecule has 3 atom stereocenters. The third kappa shape index (κ3) is 31.5. The Morgan fingerprint density at radius 2 is 0.800 bits per heavy atom. The van der Waals surface area contributed by atoms with E-state index >= 15 is 0 Å². The number of aryl methyl sites for hydroxylation is 3. The van der Waals surface area contributed by atoms with E-state index in [1.807, 2.05) is 103 Å². The smallest absolute Gasteiger partial charge is 0.399 e. The maximum absolute atomic E-state index is 12.7. The van der Waals surface area contributed by atoms with E-state index in [-0.39, 0.29) is 19.6 Å². The van der Waals surface area contributed by atoms with E-state index in [0.29, 0.717) is 128 Å². The van der Waals surface area contributed by atoms with Crippen molar-refractivity contribution in [1.82, 2.24) is 40.0 Å². The molecule has 4 aromatic heterocycles. The van der Waals surface area contributed by atoms with Crippen LogP contribution in [0.1, 0.15) is 88.6 Å². The van der Waals surface area contributed by atoms with E-state index in [9.17, 15) is 59.2 Å². The predicted octanol–water partition coefficient (Wildman–Crippen LogP) is 18.8. The number of morpholine rings is 4. The molecule has 7 aromatic rings. The Kier molecular flexibility index (Phi) is 36.6. The third-order valence-corrected chi connectivity index (χ3v) is 24.0. The third-order valence-electron chi connectivity index (χ3n) is 21.9. The number of hydrogen-bond donors (Lipinski definition) is 4. The zero-order chi connectivity index (χ0) is 90.6. The number of nitrogens with zero attached hydrogens (tertiary/aromatic N) is 11. The molecule has 125 heavy (non-hydrogen) atoms. The first-order chi connectivity index (χ1) is 59.1. The van der Waals surface area contributed by atoms with Gasteiger partial charge in [0, 0.05) is 135 Å². The number of carbonyl (C=O) groups excluding carboxylic acids is 3. The van der Waals surface area contributed by atoms with E-state index in [0.717, 1.165) is 129 Å². The number of anilines is 6. The number of pyridine rings is 4. The number of rotatable bonds is 12. The summed E-state index contributed by atoms with van der Waals surface area (Å²) in [4.78, 5) is 65.5. The van der Waals surface area contributed by atoms with Gasteiger partial charge in [0.15, 0.2) is 0 Å². The molecule has 15 rings (SSSR count). The second-order valence-electron chi connectivity index (χ2n) is 32.1. The van der Waals surface area contributed by atoms with Crippen molar-refractivity contribution >= 4 is 157 Å². The standard InChI is InChI=1S/C24H26F3N5O2.C23H26ClF3N4O2.C20H28BF3N2O3.C9H10ClIN2O.C5H2Cl2IN.C4H9NO/c1-16-2-3-19(30-23(33)32-5-4-17(15-32)13-24(25,26)27)12-21(16)18-10-20(14-28)29-22(11-18)31-6-8-34-9-7-31;1-15-2-3-18(28-22(32)31-5-4-16(14-31)13-23(25,26)27)12-19(15)17-10-20(24)29-21(11-17)30-6-8-33-9-7-30;1-13-6-7-15(10-16(13)21-28-18(2,3)19(4,5)29-21)25-17(27)26-9-8-14(12-26)11-20(22,23)24;10-8-5-7(11)6-9(12-8)13-1-3-14-4-2-13;6-4-1-3(8)2-5(7)9-4;1-3-6-4-2-5-1/h2-3,10-12,17H,4-9,13,15H2,1H3,(H,30,33);2-3,10-12,16H,4-9,13-14H2,1H3,(H,28,32);6-7,10,14H,8-9,11-12H2,1-5H3,(H,25,27);5-6H,1-4H2;1-2H;5H,1-4H2/t17-;16-;14-;;;/m000.../s1. The molecule has 8 aliphatic heterocycles. The van der Waals surface area contributed by atoms with Crippen molar-refractivity contribution in [2.24, 2.45) is 17.8 Å². The summed E-state index contributed by atoms with van der Waals surface area (Å²) >= 11 is 27.7. The van der Waals surface area contributed by atoms with Gasteiger partial charge in [-0.05, 0) is 254 Å². The van der Waals surface area contributed by atoms with Gasteiger partial charge < -0.3 is 78.9 Å². The lowest BCUT2D eigenvalue weighted by Crippen LogP contribution is -2.41. The van der Waals surface area contributed by atoms with Gasteiger partial charge in [-0.3, -0.25) is 0 Å². The first-order valence-electron chi connectivity index (χ1n) is 40.8. The minimum absolute atomic E-state index is 0.0862. The Bertz CT molecular complexity index is 4740. The fourth-order valence-electron chi connectivity index (χ4n) is 14.7. The minimum Gasteiger partial charge on any atom is -0.399 e. The zero-order valence-electron chi connectivity index (χ0n) is 70.2. The summed E-state index contributed by atoms with van der Waals surface area (Å²) in [6.07, 6.45) is -14.2. The summed E-state index contributed by atoms with van der Waals surface area (Å²) < 4.78 is 149. The van der Waals surface area contributed by atoms with Crippen molar-refractivity contribution in [3.63, 3.8) is 0 Å². The molecule has 4 N–H and O–H groups in total. The number of hydrogen-bond acceptors (Lipinski definition) is 18. The quantitative estimate of drug-likeness (QED) is 0.0384. The normalized spacial score (nSPS) is 19.3. The van der Waals surface area contributed by atoms with Gasteiger partial charge in [0.1, 0.15) is 49.8 Å². The van der Waals surface area contributed by atoms with Gasteiger partial charge >= 0.3 is 43.7 Å². The number of likely N-dealkylation sites (tertiary alicyclic amines) is 3. The van der Waals surface area contributed by atoms with Crippen LogP contribution in [0.25, 0.3) is 22.3 Å². The number of ether oxygens (including phenoxy) is 4. The van der Waals surface area contributed by atoms with Crippen LogP contribution in [-0.4, -0.2) is 234 Å². The number of alkyl halides is 9. The molecular weight excluding hydrogens is 1950 g/mol. The van der Waals surface area contributed by atoms with Crippen molar-refractivity contribution < 1.29 is 82.2 Å². The molecule has 40 heteroatoms. The molecule has 8 fully saturated rings. The molecule has 0 aliphatic carbocycles. The van der Waals surface area contributed by atoms with Crippen LogP contribution in [0, 0.1) is 57.0 Å². The van der Waals surface area contributed by atoms with Crippen LogP contribution in [-0.2, 0) is 28.3 Å². The molecule has 6 amide bonds. The lowest BCUT2D eigenvalue weighted by Gasteiger charge is -2.32. The second-order valence-corrected chi connectivity index (χ2v) is 36.1. The van der Waals surface area contributed by atoms with Gasteiger partial charge in [0.2, 0.25) is 0 Å². The average Bonchev–Trinajstić information content (AvgIpc) is 1.63. The average molecular weight is 2050 g/mol. The predicted molar refractivity (Wildman–Crippen MR) is 485 cm³/mol. The van der Waals surface area contributed by atoms with Gasteiger partial charge in [-0.25, -0.2) is 34.3 Å². The zero-order valence-corrected chi connectivity index (χ0v) is 77.5. The van der Waals surface area contributed by atoms with Gasteiger partial charge in [0.25, 0.3) is 0 Å². The van der Waals surface area contributed by atoms with E-state index in [1.54, 1.807) is 48.5 Å². The highest BCUT2D eigenvalue weighted by Crippen LogP contribution is 2.40. The van der Waals surface area contributed by atoms with Crippen LogP contribution in [0.2, 0.25) is 20.6 Å². The second kappa shape index (κ2) is 45.8. The highest BCUT2D eigenvalue weighted by molar-refractivity contribution is 14.1. The lowest BCUT2D eigenvalue weighted by molar-refractivity contribution is -0.144. The molecule has 0 bridgehead atoms. The largest absolute Gasteiger partial charge is 0.495 e. The lowest BCUT2D eigenvalue weighted by atomic mass is 9.76. The Morgan fingerprint density at radius 3 is 1.15 bits per heavy atom. The Morgan fingerprint density at radius 1 is 0.464 bits per heavy atom. The topological polar surface area (TPSA) is 250 Å². The highest BCUT2D eigenvalue weighted by Gasteiger charge is 2.52. The first kappa shape index (κ1) is 99.9. The fourth-order valence-corrected chi connectivity index (χ4v) is 17.3. The maximum atomic E-state index is 12.7. The van der Waals surface area contributed by atoms with Crippen molar-refractivity contribution in [1.29, 1.82) is 5.26 Å². The van der Waals surface area contributed by atoms with E-state index in [4.69, 9.17) is 74.7 Å². The highest BCUT2D eigenvalue weighted by atomic mass is 127. The SMILES string of the molecule is C1COCCN1.Cc1ccc(NC(=O)N2CC[C@@H](CC(F)(F)F)C2)cc1-c1cc(C#N)nc(N2CCOCC2)c1.Cc1ccc(NC(=O)N2CC[C@@H](CC(F)(F)F)C2)cc1-c1cc(Cl)nc(N2CCOCC2)c1.Cc1ccc(NC(=O)N2CC[C@@H](CC(F)(F)F)C2)cc1B1OC(C)(C)C(C)(C)O1.Clc1cc(I)cc(Cl)n1.Clc1cc(I)cc(N2CCOCC2)n1. The van der Waals surface area contributed by atoms with Crippen LogP contribution < -0.4 is 41.4 Å². The molecule has 0 unspecified atom stereocenters. The molecule has 0 radical (unpaired) electrons. The molecule has 3 aromatic carbocycles. The fraction of sp³-hybridized carbons (Fsp3) is 0.506. The van der Waals surface area contributed by atoms with Crippen LogP contribution in [0.4, 0.5) is 88.4 Å². The molecule has 0 saturated carbocycles. The number of nitrogens with one attached hydrogen (secondary N) is 4. The summed E-state index contributed by atoms with van der Waals surface area (Å²) in [5.74, 6) is 0.742. The number of nitriles is 1. The Hall–Kier alpha value is -7.27. The number of halogens is 15. The van der Waals surface area contributed by atoms with Gasteiger partial charge in [-0.2, -0.15) is 44.8 Å². The maximum Gasteiger partial charge on any atom is 0.495 e. The minimum atomic E-state index is -4.23. The van der Waals surface area contributed by atoms with Crippen molar-refractivity contribution in [3.05, 3.63) is 153 Å². The summed E-state index contributed by atoms with van der Waals surface area (Å²) in [5.41, 5.74) is 8.13.